The minimum atomic E-state index is -1.82. The van der Waals surface area contributed by atoms with Gasteiger partial charge in [-0.1, -0.05) is 72.3 Å². The van der Waals surface area contributed by atoms with Crippen molar-refractivity contribution in [2.45, 2.75) is 32.9 Å². The summed E-state index contributed by atoms with van der Waals surface area (Å²) in [6.45, 7) is 5.61. The van der Waals surface area contributed by atoms with E-state index in [-0.39, 0.29) is 11.8 Å². The Balaban J connectivity index is 0.000000481. The molecule has 1 fully saturated rings. The number of nitrogens with one attached hydrogen (secondary N) is 1. The van der Waals surface area contributed by atoms with E-state index in [1.165, 1.54) is 21.9 Å². The van der Waals surface area contributed by atoms with Gasteiger partial charge in [-0.25, -0.2) is 9.59 Å². The average Bonchev–Trinajstić information content (AvgIpc) is 2.84. The van der Waals surface area contributed by atoms with Crippen LogP contribution in [0.4, 0.5) is 0 Å². The molecule has 178 valence electrons. The highest BCUT2D eigenvalue weighted by Crippen LogP contribution is 2.23. The molecular formula is C27H30N2O5. The fourth-order valence-electron chi connectivity index (χ4n) is 4.06. The Labute approximate surface area is 199 Å². The molecular weight excluding hydrogens is 432 g/mol. The number of piperidine rings is 1. The van der Waals surface area contributed by atoms with E-state index < -0.39 is 11.9 Å². The highest BCUT2D eigenvalue weighted by Gasteiger charge is 2.25. The van der Waals surface area contributed by atoms with Crippen molar-refractivity contribution < 1.29 is 24.6 Å². The second-order valence-corrected chi connectivity index (χ2v) is 8.50. The summed E-state index contributed by atoms with van der Waals surface area (Å²) < 4.78 is 0. The number of likely N-dealkylation sites (tertiary alicyclic amines) is 1. The summed E-state index contributed by atoms with van der Waals surface area (Å²) in [4.78, 5) is 33.2. The smallest absolute Gasteiger partial charge is 0.414 e. The largest absolute Gasteiger partial charge is 0.473 e. The summed E-state index contributed by atoms with van der Waals surface area (Å²) in [7, 11) is 0. The van der Waals surface area contributed by atoms with Crippen LogP contribution in [-0.2, 0) is 27.5 Å². The molecule has 0 aliphatic carbocycles. The highest BCUT2D eigenvalue weighted by atomic mass is 16.4. The van der Waals surface area contributed by atoms with E-state index in [1.807, 2.05) is 0 Å². The van der Waals surface area contributed by atoms with E-state index in [0.717, 1.165) is 38.0 Å². The average molecular weight is 463 g/mol. The lowest BCUT2D eigenvalue weighted by atomic mass is 9.95. The van der Waals surface area contributed by atoms with Gasteiger partial charge < -0.3 is 15.5 Å². The Morgan fingerprint density at radius 3 is 2.15 bits per heavy atom. The Morgan fingerprint density at radius 1 is 0.882 bits per heavy atom. The minimum absolute atomic E-state index is 0.134. The third kappa shape index (κ3) is 7.15. The molecule has 3 aromatic rings. The summed E-state index contributed by atoms with van der Waals surface area (Å²) >= 11 is 0. The number of nitrogens with zero attached hydrogens (tertiary/aromatic N) is 1. The Kier molecular flexibility index (Phi) is 8.76. The van der Waals surface area contributed by atoms with Crippen LogP contribution in [0.5, 0.6) is 0 Å². The predicted molar refractivity (Wildman–Crippen MR) is 130 cm³/mol. The van der Waals surface area contributed by atoms with Crippen molar-refractivity contribution in [3.05, 3.63) is 83.4 Å². The third-order valence-corrected chi connectivity index (χ3v) is 6.00. The molecule has 1 amide bonds. The van der Waals surface area contributed by atoms with Gasteiger partial charge in [0.1, 0.15) is 0 Å². The van der Waals surface area contributed by atoms with Crippen molar-refractivity contribution in [3.63, 3.8) is 0 Å². The number of fused-ring (bicyclic) bond motifs is 1. The van der Waals surface area contributed by atoms with Gasteiger partial charge >= 0.3 is 11.9 Å². The van der Waals surface area contributed by atoms with E-state index in [9.17, 15) is 4.79 Å². The monoisotopic (exact) mass is 462 g/mol. The van der Waals surface area contributed by atoms with Crippen LogP contribution in [0.1, 0.15) is 29.5 Å². The Hall–Kier alpha value is -3.71. The summed E-state index contributed by atoms with van der Waals surface area (Å²) in [5.74, 6) is -3.32. The van der Waals surface area contributed by atoms with Gasteiger partial charge in [0, 0.05) is 19.0 Å². The van der Waals surface area contributed by atoms with Gasteiger partial charge in [-0.3, -0.25) is 9.69 Å². The summed E-state index contributed by atoms with van der Waals surface area (Å²) in [6, 6.07) is 23.5. The van der Waals surface area contributed by atoms with Gasteiger partial charge in [-0.2, -0.15) is 0 Å². The first kappa shape index (κ1) is 24.9. The molecule has 7 nitrogen and oxygen atoms in total. The second-order valence-electron chi connectivity index (χ2n) is 8.50. The number of carbonyl (C=O) groups excluding carboxylic acids is 1. The van der Waals surface area contributed by atoms with Crippen molar-refractivity contribution in [2.24, 2.45) is 5.92 Å². The van der Waals surface area contributed by atoms with Crippen LogP contribution in [0.3, 0.4) is 0 Å². The topological polar surface area (TPSA) is 107 Å². The first-order chi connectivity index (χ1) is 16.3. The number of amides is 1. The molecule has 1 aliphatic heterocycles. The molecule has 0 spiro atoms. The fraction of sp³-hybridized carbons (Fsp3) is 0.296. The normalized spacial score (nSPS) is 14.1. The third-order valence-electron chi connectivity index (χ3n) is 6.00. The van der Waals surface area contributed by atoms with Crippen LogP contribution in [0.25, 0.3) is 10.8 Å². The number of benzene rings is 3. The molecule has 1 saturated heterocycles. The van der Waals surface area contributed by atoms with E-state index >= 15 is 0 Å². The molecule has 0 bridgehead atoms. The maximum atomic E-state index is 12.5. The Morgan fingerprint density at radius 2 is 1.50 bits per heavy atom. The van der Waals surface area contributed by atoms with Gasteiger partial charge in [0.15, 0.2) is 0 Å². The molecule has 0 radical (unpaired) electrons. The molecule has 1 aliphatic rings. The standard InChI is InChI=1S/C25H28N2O.C2H2O4/c1-19-9-11-20(12-10-19)17-26-25(28)22-13-15-27(16-14-22)18-23-7-4-6-21-5-2-3-8-24(21)23;3-1(4)2(5)6/h2-12,22H,13-18H2,1H3,(H,26,28);(H,3,4)(H,5,6). The lowest BCUT2D eigenvalue weighted by molar-refractivity contribution is -0.159. The quantitative estimate of drug-likeness (QED) is 0.498. The van der Waals surface area contributed by atoms with E-state index in [0.29, 0.717) is 6.54 Å². The number of carboxylic acid groups (broad SMARTS) is 2. The van der Waals surface area contributed by atoms with E-state index in [1.54, 1.807) is 0 Å². The number of aryl methyl sites for hydroxylation is 1. The number of carbonyl (C=O) groups is 3. The summed E-state index contributed by atoms with van der Waals surface area (Å²) in [5.41, 5.74) is 3.78. The zero-order valence-corrected chi connectivity index (χ0v) is 19.2. The SMILES string of the molecule is Cc1ccc(CNC(=O)C2CCN(Cc3cccc4ccccc34)CC2)cc1.O=C(O)C(=O)O. The van der Waals surface area contributed by atoms with Gasteiger partial charge in [0.05, 0.1) is 0 Å². The first-order valence-corrected chi connectivity index (χ1v) is 11.3. The molecule has 0 saturated carbocycles. The van der Waals surface area contributed by atoms with E-state index in [4.69, 9.17) is 19.8 Å². The van der Waals surface area contributed by atoms with Crippen LogP contribution < -0.4 is 5.32 Å². The van der Waals surface area contributed by atoms with Gasteiger partial charge in [-0.15, -0.1) is 0 Å². The van der Waals surface area contributed by atoms with Gasteiger partial charge in [0.2, 0.25) is 5.91 Å². The molecule has 0 aromatic heterocycles. The lowest BCUT2D eigenvalue weighted by Crippen LogP contribution is -2.40. The van der Waals surface area contributed by atoms with Crippen LogP contribution >= 0.6 is 0 Å². The number of rotatable bonds is 5. The number of aliphatic carboxylic acids is 2. The maximum Gasteiger partial charge on any atom is 0.414 e. The first-order valence-electron chi connectivity index (χ1n) is 11.3. The van der Waals surface area contributed by atoms with Crippen molar-refractivity contribution in [1.29, 1.82) is 0 Å². The molecule has 3 N–H and O–H groups in total. The van der Waals surface area contributed by atoms with Gasteiger partial charge in [-0.05, 0) is 54.8 Å². The molecule has 0 unspecified atom stereocenters. The van der Waals surface area contributed by atoms with Crippen molar-refractivity contribution in [2.75, 3.05) is 13.1 Å². The maximum absolute atomic E-state index is 12.5. The zero-order chi connectivity index (χ0) is 24.5. The number of carboxylic acids is 2. The molecule has 0 atom stereocenters. The van der Waals surface area contributed by atoms with Crippen LogP contribution in [0.15, 0.2) is 66.7 Å². The van der Waals surface area contributed by atoms with Crippen molar-refractivity contribution in [1.82, 2.24) is 10.2 Å². The van der Waals surface area contributed by atoms with Crippen molar-refractivity contribution >= 4 is 28.6 Å². The Bertz CT molecular complexity index is 1120. The number of hydrogen-bond donors (Lipinski definition) is 3. The highest BCUT2D eigenvalue weighted by molar-refractivity contribution is 6.27. The predicted octanol–water partition coefficient (Wildman–Crippen LogP) is 3.83. The van der Waals surface area contributed by atoms with Crippen LogP contribution in [0, 0.1) is 12.8 Å². The van der Waals surface area contributed by atoms with E-state index in [2.05, 4.69) is 83.9 Å². The summed E-state index contributed by atoms with van der Waals surface area (Å²) in [5, 5.41) is 20.5. The molecule has 4 rings (SSSR count). The molecule has 3 aromatic carbocycles. The van der Waals surface area contributed by atoms with Gasteiger partial charge in [0.25, 0.3) is 0 Å². The van der Waals surface area contributed by atoms with Crippen molar-refractivity contribution in [3.8, 4) is 0 Å². The van der Waals surface area contributed by atoms with Crippen LogP contribution in [0.2, 0.25) is 0 Å². The number of hydrogen-bond acceptors (Lipinski definition) is 4. The second kappa shape index (κ2) is 12.0. The fourth-order valence-corrected chi connectivity index (χ4v) is 4.06. The summed E-state index contributed by atoms with van der Waals surface area (Å²) in [6.07, 6.45) is 1.87. The molecule has 7 heteroatoms. The minimum Gasteiger partial charge on any atom is -0.473 e. The zero-order valence-electron chi connectivity index (χ0n) is 19.2. The van der Waals surface area contributed by atoms with Crippen LogP contribution in [-0.4, -0.2) is 46.0 Å². The lowest BCUT2D eigenvalue weighted by Gasteiger charge is -2.31. The molecule has 34 heavy (non-hydrogen) atoms. The molecule has 1 heterocycles.